The number of ether oxygens (including phenoxy) is 1. The van der Waals surface area contributed by atoms with Crippen molar-refractivity contribution in [2.45, 2.75) is 44.0 Å². The molecular weight excluding hydrogens is 410 g/mol. The van der Waals surface area contributed by atoms with Crippen molar-refractivity contribution in [1.29, 1.82) is 0 Å². The van der Waals surface area contributed by atoms with Crippen LogP contribution in [0.2, 0.25) is 0 Å². The summed E-state index contributed by atoms with van der Waals surface area (Å²) in [6, 6.07) is 9.83. The molecule has 1 fully saturated rings. The average Bonchev–Trinajstić information content (AvgIpc) is 2.78. The van der Waals surface area contributed by atoms with Gasteiger partial charge in [-0.25, -0.2) is 15.0 Å². The molecule has 0 radical (unpaired) electrons. The van der Waals surface area contributed by atoms with E-state index in [1.54, 1.807) is 11.8 Å². The third-order valence-electron chi connectivity index (χ3n) is 5.11. The van der Waals surface area contributed by atoms with Gasteiger partial charge < -0.3 is 9.64 Å². The van der Waals surface area contributed by atoms with Gasteiger partial charge in [-0.05, 0) is 30.0 Å². The van der Waals surface area contributed by atoms with Crippen molar-refractivity contribution in [2.75, 3.05) is 44.8 Å². The molecule has 1 amide bonds. The summed E-state index contributed by atoms with van der Waals surface area (Å²) >= 11 is 1.63. The smallest absolute Gasteiger partial charge is 0.265 e. The topological polar surface area (TPSA) is 70.6 Å². The van der Waals surface area contributed by atoms with Crippen LogP contribution in [0.1, 0.15) is 54.7 Å². The molecular formula is C23H33N5O2S. The number of hydrogen-bond acceptors (Lipinski definition) is 7. The van der Waals surface area contributed by atoms with Gasteiger partial charge in [0.2, 0.25) is 0 Å². The zero-order valence-electron chi connectivity index (χ0n) is 18.9. The van der Waals surface area contributed by atoms with E-state index >= 15 is 0 Å². The van der Waals surface area contributed by atoms with Crippen LogP contribution in [0, 0.1) is 0 Å². The number of nitrogens with one attached hydrogen (secondary N) is 1. The number of benzene rings is 1. The molecule has 168 valence electrons. The number of morpholine rings is 1. The Balaban J connectivity index is 1.62. The zero-order chi connectivity index (χ0) is 22.2. The van der Waals surface area contributed by atoms with E-state index < -0.39 is 0 Å². The Bertz CT molecular complexity index is 854. The molecule has 2 aromatic rings. The lowest BCUT2D eigenvalue weighted by Gasteiger charge is -2.26. The predicted molar refractivity (Wildman–Crippen MR) is 126 cm³/mol. The molecule has 31 heavy (non-hydrogen) atoms. The van der Waals surface area contributed by atoms with Crippen LogP contribution >= 0.6 is 11.8 Å². The van der Waals surface area contributed by atoms with Gasteiger partial charge >= 0.3 is 0 Å². The van der Waals surface area contributed by atoms with Crippen LogP contribution in [0.25, 0.3) is 0 Å². The van der Waals surface area contributed by atoms with Crippen molar-refractivity contribution in [3.05, 3.63) is 47.2 Å². The third-order valence-corrected chi connectivity index (χ3v) is 6.03. The second-order valence-electron chi connectivity index (χ2n) is 8.04. The molecule has 1 aromatic heterocycles. The van der Waals surface area contributed by atoms with Crippen molar-refractivity contribution in [1.82, 2.24) is 20.4 Å². The first kappa shape index (κ1) is 23.5. The summed E-state index contributed by atoms with van der Waals surface area (Å²) in [5, 5.41) is 2.69. The highest BCUT2D eigenvalue weighted by Crippen LogP contribution is 2.25. The molecule has 7 nitrogen and oxygen atoms in total. The quantitative estimate of drug-likeness (QED) is 0.468. The molecule has 1 aliphatic heterocycles. The molecule has 1 aliphatic rings. The van der Waals surface area contributed by atoms with Crippen LogP contribution < -0.4 is 10.3 Å². The number of hydrazine groups is 1. The summed E-state index contributed by atoms with van der Waals surface area (Å²) < 4.78 is 5.31. The van der Waals surface area contributed by atoms with Crippen LogP contribution in [0.3, 0.4) is 0 Å². The SMILES string of the molecule is CCCN(C)c1cc(C(C)C)nc(SCc2ccc(C(=O)NN3CCOCC3)cc2)n1. The summed E-state index contributed by atoms with van der Waals surface area (Å²) in [6.07, 6.45) is 1.07. The number of hydrogen-bond donors (Lipinski definition) is 1. The van der Waals surface area contributed by atoms with Gasteiger partial charge in [-0.3, -0.25) is 10.2 Å². The van der Waals surface area contributed by atoms with Gasteiger partial charge in [-0.1, -0.05) is 44.7 Å². The van der Waals surface area contributed by atoms with Crippen molar-refractivity contribution in [3.8, 4) is 0 Å². The Morgan fingerprint density at radius 1 is 1.23 bits per heavy atom. The number of anilines is 1. The fourth-order valence-corrected chi connectivity index (χ4v) is 4.04. The lowest BCUT2D eigenvalue weighted by Crippen LogP contribution is -2.48. The maximum absolute atomic E-state index is 12.4. The predicted octanol–water partition coefficient (Wildman–Crippen LogP) is 3.72. The summed E-state index contributed by atoms with van der Waals surface area (Å²) in [7, 11) is 2.07. The second-order valence-corrected chi connectivity index (χ2v) is 8.98. The Hall–Kier alpha value is -2.16. The number of thioether (sulfide) groups is 1. The van der Waals surface area contributed by atoms with Crippen LogP contribution in [0.15, 0.2) is 35.5 Å². The summed E-state index contributed by atoms with van der Waals surface area (Å²) in [4.78, 5) is 24.1. The van der Waals surface area contributed by atoms with Crippen LogP contribution in [0.4, 0.5) is 5.82 Å². The second kappa shape index (κ2) is 11.5. The van der Waals surface area contributed by atoms with Gasteiger partial charge in [0.05, 0.1) is 13.2 Å². The van der Waals surface area contributed by atoms with Crippen LogP contribution in [-0.2, 0) is 10.5 Å². The number of carbonyl (C=O) groups excluding carboxylic acids is 1. The van der Waals surface area contributed by atoms with Gasteiger partial charge in [-0.2, -0.15) is 0 Å². The van der Waals surface area contributed by atoms with E-state index in [9.17, 15) is 4.79 Å². The fraction of sp³-hybridized carbons (Fsp3) is 0.522. The minimum absolute atomic E-state index is 0.0855. The molecule has 0 spiro atoms. The average molecular weight is 444 g/mol. The van der Waals surface area contributed by atoms with E-state index in [0.29, 0.717) is 37.8 Å². The molecule has 8 heteroatoms. The van der Waals surface area contributed by atoms with E-state index in [0.717, 1.165) is 41.0 Å². The number of rotatable bonds is 9. The zero-order valence-corrected chi connectivity index (χ0v) is 19.7. The highest BCUT2D eigenvalue weighted by atomic mass is 32.2. The largest absolute Gasteiger partial charge is 0.379 e. The Morgan fingerprint density at radius 2 is 1.94 bits per heavy atom. The molecule has 1 aromatic carbocycles. The van der Waals surface area contributed by atoms with Gasteiger partial charge in [0.15, 0.2) is 5.16 Å². The molecule has 0 unspecified atom stereocenters. The molecule has 0 atom stereocenters. The standard InChI is InChI=1S/C23H33N5O2S/c1-5-10-27(4)21-15-20(17(2)3)24-23(25-21)31-16-18-6-8-19(9-7-18)22(29)26-28-11-13-30-14-12-28/h6-9,15,17H,5,10-14,16H2,1-4H3,(H,26,29). The van der Waals surface area contributed by atoms with Gasteiger partial charge in [0.25, 0.3) is 5.91 Å². The molecule has 2 heterocycles. The molecule has 0 bridgehead atoms. The minimum atomic E-state index is -0.0855. The molecule has 1 N–H and O–H groups in total. The van der Waals surface area contributed by atoms with Crippen LogP contribution in [0.5, 0.6) is 0 Å². The van der Waals surface area contributed by atoms with Crippen molar-refractivity contribution in [3.63, 3.8) is 0 Å². The molecule has 0 saturated carbocycles. The summed E-state index contributed by atoms with van der Waals surface area (Å²) in [5.74, 6) is 1.99. The Kier molecular flexibility index (Phi) is 8.69. The first-order chi connectivity index (χ1) is 15.0. The fourth-order valence-electron chi connectivity index (χ4n) is 3.22. The van der Waals surface area contributed by atoms with Crippen LogP contribution in [-0.4, -0.2) is 60.8 Å². The van der Waals surface area contributed by atoms with Gasteiger partial charge in [0, 0.05) is 49.8 Å². The Morgan fingerprint density at radius 3 is 2.58 bits per heavy atom. The number of aromatic nitrogens is 2. The van der Waals surface area contributed by atoms with Gasteiger partial charge in [0.1, 0.15) is 5.82 Å². The van der Waals surface area contributed by atoms with E-state index in [2.05, 4.69) is 44.2 Å². The lowest BCUT2D eigenvalue weighted by molar-refractivity contribution is 0.0126. The van der Waals surface area contributed by atoms with E-state index in [-0.39, 0.29) is 5.91 Å². The normalized spacial score (nSPS) is 14.6. The number of amides is 1. The van der Waals surface area contributed by atoms with Gasteiger partial charge in [-0.15, -0.1) is 0 Å². The van der Waals surface area contributed by atoms with Crippen molar-refractivity contribution >= 4 is 23.5 Å². The third kappa shape index (κ3) is 6.92. The maximum atomic E-state index is 12.4. The molecule has 0 aliphatic carbocycles. The van der Waals surface area contributed by atoms with E-state index in [1.807, 2.05) is 29.3 Å². The Labute approximate surface area is 189 Å². The number of carbonyl (C=O) groups is 1. The summed E-state index contributed by atoms with van der Waals surface area (Å²) in [5.41, 5.74) is 5.79. The number of nitrogens with zero attached hydrogens (tertiary/aromatic N) is 4. The monoisotopic (exact) mass is 443 g/mol. The maximum Gasteiger partial charge on any atom is 0.265 e. The lowest BCUT2D eigenvalue weighted by atomic mass is 10.1. The highest BCUT2D eigenvalue weighted by molar-refractivity contribution is 7.98. The first-order valence-electron chi connectivity index (χ1n) is 10.9. The summed E-state index contributed by atoms with van der Waals surface area (Å²) in [6.45, 7) is 10.2. The van der Waals surface area contributed by atoms with Crippen molar-refractivity contribution in [2.24, 2.45) is 0 Å². The van der Waals surface area contributed by atoms with E-state index in [1.165, 1.54) is 0 Å². The molecule has 3 rings (SSSR count). The minimum Gasteiger partial charge on any atom is -0.379 e. The van der Waals surface area contributed by atoms with E-state index in [4.69, 9.17) is 14.7 Å². The molecule has 1 saturated heterocycles. The first-order valence-corrected chi connectivity index (χ1v) is 11.9. The highest BCUT2D eigenvalue weighted by Gasteiger charge is 2.15. The van der Waals surface area contributed by atoms with Crippen molar-refractivity contribution < 1.29 is 9.53 Å².